The van der Waals surface area contributed by atoms with Crippen LogP contribution in [0.15, 0.2) is 58.4 Å². The van der Waals surface area contributed by atoms with Gasteiger partial charge in [-0.25, -0.2) is 4.39 Å². The molecule has 4 aliphatic rings. The number of imide groups is 1. The molecule has 7 atom stereocenters. The Labute approximate surface area is 203 Å². The summed E-state index contributed by atoms with van der Waals surface area (Å²) in [5, 5.41) is 1.08. The highest BCUT2D eigenvalue weighted by atomic mass is 32.2. The van der Waals surface area contributed by atoms with Crippen LogP contribution in [0.25, 0.3) is 0 Å². The SMILES string of the molecule is Cc1ccc([C@@H]2c3sc(=O)[nH]c3S[C@@H]3[C@@H]4C[C@@H]([C@H]5C(=O)N(c6ccc(F)cc6)C(=O)[C@@H]45)[C@@H]23)cc1. The third-order valence-electron chi connectivity index (χ3n) is 8.25. The zero-order valence-corrected chi connectivity index (χ0v) is 19.9. The van der Waals surface area contributed by atoms with Crippen molar-refractivity contribution in [2.45, 2.75) is 29.5 Å². The second-order valence-electron chi connectivity index (χ2n) is 9.86. The van der Waals surface area contributed by atoms with Crippen molar-refractivity contribution >= 4 is 40.6 Å². The molecule has 1 saturated heterocycles. The average molecular weight is 493 g/mol. The number of carbonyl (C=O) groups is 2. The quantitative estimate of drug-likeness (QED) is 0.533. The molecule has 5 nitrogen and oxygen atoms in total. The molecule has 2 bridgehead atoms. The first-order valence-electron chi connectivity index (χ1n) is 11.5. The van der Waals surface area contributed by atoms with Gasteiger partial charge in [0, 0.05) is 16.0 Å². The predicted molar refractivity (Wildman–Crippen MR) is 129 cm³/mol. The third-order valence-corrected chi connectivity index (χ3v) is 10.8. The van der Waals surface area contributed by atoms with E-state index in [9.17, 15) is 18.8 Å². The standard InChI is InChI=1S/C26H21FN2O3S2/c1-11-2-4-12(5-3-11)17-18-15-10-16(21(18)33-23-22(17)34-26(32)28-23)20-19(15)24(30)29(25(20)31)14-8-6-13(27)7-9-14/h2-9,15-21H,10H2,1H3,(H,28,32)/t15-,16-,17+,18+,19-,20+,21-/m1/s1. The van der Waals surface area contributed by atoms with Gasteiger partial charge < -0.3 is 4.98 Å². The normalized spacial score (nSPS) is 33.2. The Morgan fingerprint density at radius 2 is 1.62 bits per heavy atom. The number of benzene rings is 2. The van der Waals surface area contributed by atoms with Gasteiger partial charge in [-0.05, 0) is 60.9 Å². The number of aryl methyl sites for hydroxylation is 1. The summed E-state index contributed by atoms with van der Waals surface area (Å²) in [6.45, 7) is 2.05. The maximum atomic E-state index is 13.6. The number of carbonyl (C=O) groups excluding carboxylic acids is 2. The smallest absolute Gasteiger partial charge is 0.305 e. The van der Waals surface area contributed by atoms with E-state index in [1.807, 2.05) is 0 Å². The molecule has 34 heavy (non-hydrogen) atoms. The van der Waals surface area contributed by atoms with Crippen molar-refractivity contribution in [3.63, 3.8) is 0 Å². The Hall–Kier alpha value is -2.71. The summed E-state index contributed by atoms with van der Waals surface area (Å²) < 4.78 is 13.5. The molecule has 0 unspecified atom stereocenters. The largest absolute Gasteiger partial charge is 0.307 e. The minimum Gasteiger partial charge on any atom is -0.307 e. The van der Waals surface area contributed by atoms with E-state index in [1.54, 1.807) is 11.8 Å². The lowest BCUT2D eigenvalue weighted by atomic mass is 9.68. The number of nitrogens with one attached hydrogen (secondary N) is 1. The molecule has 2 aliphatic carbocycles. The zero-order valence-electron chi connectivity index (χ0n) is 18.2. The Morgan fingerprint density at radius 3 is 2.32 bits per heavy atom. The monoisotopic (exact) mass is 492 g/mol. The van der Waals surface area contributed by atoms with Crippen LogP contribution in [0.3, 0.4) is 0 Å². The van der Waals surface area contributed by atoms with Crippen LogP contribution in [0.2, 0.25) is 0 Å². The number of thioether (sulfide) groups is 1. The minimum absolute atomic E-state index is 0.0320. The van der Waals surface area contributed by atoms with Crippen molar-refractivity contribution in [3.8, 4) is 0 Å². The van der Waals surface area contributed by atoms with Crippen molar-refractivity contribution in [1.82, 2.24) is 4.98 Å². The number of H-pyrrole nitrogens is 1. The molecule has 2 aromatic carbocycles. The molecule has 2 amide bonds. The number of fused-ring (bicyclic) bond motifs is 9. The fraction of sp³-hybridized carbons (Fsp3) is 0.346. The summed E-state index contributed by atoms with van der Waals surface area (Å²) in [6, 6.07) is 14.1. The van der Waals surface area contributed by atoms with Gasteiger partial charge in [0.15, 0.2) is 0 Å². The first-order chi connectivity index (χ1) is 16.4. The lowest BCUT2D eigenvalue weighted by molar-refractivity contribution is -0.123. The van der Waals surface area contributed by atoms with E-state index in [2.05, 4.69) is 36.2 Å². The molecule has 7 rings (SSSR count). The third kappa shape index (κ3) is 2.69. The molecular weight excluding hydrogens is 471 g/mol. The molecule has 0 spiro atoms. The van der Waals surface area contributed by atoms with Crippen molar-refractivity contribution in [2.75, 3.05) is 4.90 Å². The number of amides is 2. The summed E-state index contributed by atoms with van der Waals surface area (Å²) >= 11 is 2.96. The van der Waals surface area contributed by atoms with Crippen LogP contribution in [-0.2, 0) is 9.59 Å². The van der Waals surface area contributed by atoms with Gasteiger partial charge in [0.25, 0.3) is 0 Å². The number of aromatic amines is 1. The highest BCUT2D eigenvalue weighted by molar-refractivity contribution is 8.00. The van der Waals surface area contributed by atoms with Crippen molar-refractivity contribution in [1.29, 1.82) is 0 Å². The number of thiazole rings is 1. The second kappa shape index (κ2) is 7.15. The number of hydrogen-bond acceptors (Lipinski definition) is 5. The van der Waals surface area contributed by atoms with Crippen LogP contribution >= 0.6 is 23.1 Å². The molecule has 3 aromatic rings. The van der Waals surface area contributed by atoms with E-state index in [0.717, 1.165) is 21.9 Å². The Bertz CT molecular complexity index is 1400. The highest BCUT2D eigenvalue weighted by Crippen LogP contribution is 2.68. The predicted octanol–water partition coefficient (Wildman–Crippen LogP) is 4.56. The van der Waals surface area contributed by atoms with Gasteiger partial charge in [0.2, 0.25) is 11.8 Å². The fourth-order valence-corrected chi connectivity index (χ4v) is 9.90. The molecule has 172 valence electrons. The van der Waals surface area contributed by atoms with E-state index in [1.165, 1.54) is 46.1 Å². The molecule has 1 N–H and O–H groups in total. The fourth-order valence-electron chi connectivity index (χ4n) is 7.01. The lowest BCUT2D eigenvalue weighted by Crippen LogP contribution is -2.42. The first-order valence-corrected chi connectivity index (χ1v) is 13.2. The number of aromatic nitrogens is 1. The molecule has 2 saturated carbocycles. The van der Waals surface area contributed by atoms with Crippen LogP contribution < -0.4 is 9.77 Å². The molecule has 3 heterocycles. The Balaban J connectivity index is 1.32. The van der Waals surface area contributed by atoms with Crippen LogP contribution in [0, 0.1) is 42.3 Å². The number of halogens is 1. The number of rotatable bonds is 2. The van der Waals surface area contributed by atoms with Crippen LogP contribution in [0.5, 0.6) is 0 Å². The second-order valence-corrected chi connectivity index (χ2v) is 12.1. The van der Waals surface area contributed by atoms with E-state index < -0.39 is 5.82 Å². The van der Waals surface area contributed by atoms with Gasteiger partial charge in [-0.15, -0.1) is 11.8 Å². The highest BCUT2D eigenvalue weighted by Gasteiger charge is 2.69. The topological polar surface area (TPSA) is 70.2 Å². The molecular formula is C26H21FN2O3S2. The van der Waals surface area contributed by atoms with Crippen LogP contribution in [-0.4, -0.2) is 22.0 Å². The van der Waals surface area contributed by atoms with Gasteiger partial charge in [-0.2, -0.15) is 0 Å². The van der Waals surface area contributed by atoms with E-state index >= 15 is 0 Å². The van der Waals surface area contributed by atoms with Gasteiger partial charge in [-0.3, -0.25) is 19.3 Å². The Morgan fingerprint density at radius 1 is 0.941 bits per heavy atom. The maximum absolute atomic E-state index is 13.6. The minimum atomic E-state index is -0.397. The first kappa shape index (κ1) is 20.6. The van der Waals surface area contributed by atoms with Crippen molar-refractivity contribution in [3.05, 3.63) is 80.0 Å². The van der Waals surface area contributed by atoms with Crippen molar-refractivity contribution in [2.24, 2.45) is 29.6 Å². The van der Waals surface area contributed by atoms with Gasteiger partial charge in [-0.1, -0.05) is 41.2 Å². The van der Waals surface area contributed by atoms with Gasteiger partial charge in [0.1, 0.15) is 5.82 Å². The molecule has 3 fully saturated rings. The van der Waals surface area contributed by atoms with E-state index in [4.69, 9.17) is 0 Å². The van der Waals surface area contributed by atoms with Crippen LogP contribution in [0.4, 0.5) is 10.1 Å². The average Bonchev–Trinajstić information content (AvgIpc) is 3.54. The summed E-state index contributed by atoms with van der Waals surface area (Å²) in [7, 11) is 0. The summed E-state index contributed by atoms with van der Waals surface area (Å²) in [4.78, 5) is 44.8. The summed E-state index contributed by atoms with van der Waals surface area (Å²) in [6.07, 6.45) is 0.855. The molecule has 0 radical (unpaired) electrons. The zero-order chi connectivity index (χ0) is 23.3. The lowest BCUT2D eigenvalue weighted by Gasteiger charge is -2.43. The van der Waals surface area contributed by atoms with Gasteiger partial charge >= 0.3 is 4.87 Å². The number of hydrogen-bond donors (Lipinski definition) is 1. The van der Waals surface area contributed by atoms with Crippen molar-refractivity contribution < 1.29 is 14.0 Å². The van der Waals surface area contributed by atoms with Crippen LogP contribution in [0.1, 0.15) is 28.3 Å². The van der Waals surface area contributed by atoms with Gasteiger partial charge in [0.05, 0.1) is 22.5 Å². The number of anilines is 1. The summed E-state index contributed by atoms with van der Waals surface area (Å²) in [5.41, 5.74) is 2.78. The maximum Gasteiger partial charge on any atom is 0.305 e. The molecule has 2 aliphatic heterocycles. The van der Waals surface area contributed by atoms with E-state index in [0.29, 0.717) is 5.69 Å². The summed E-state index contributed by atoms with van der Waals surface area (Å²) in [5.74, 6) is -1.05. The Kier molecular flexibility index (Phi) is 4.34. The van der Waals surface area contributed by atoms with E-state index in [-0.39, 0.29) is 57.4 Å². The molecule has 8 heteroatoms. The molecule has 1 aromatic heterocycles. The number of nitrogens with zero attached hydrogens (tertiary/aromatic N) is 1.